The summed E-state index contributed by atoms with van der Waals surface area (Å²) in [7, 11) is 1.29. The van der Waals surface area contributed by atoms with Crippen LogP contribution in [0.4, 0.5) is 9.18 Å². The highest BCUT2D eigenvalue weighted by Crippen LogP contribution is 2.20. The fraction of sp³-hybridized carbons (Fsp3) is 0.400. The first kappa shape index (κ1) is 24.7. The van der Waals surface area contributed by atoms with E-state index < -0.39 is 18.3 Å². The summed E-state index contributed by atoms with van der Waals surface area (Å²) < 4.78 is 18.3. The zero-order valence-corrected chi connectivity index (χ0v) is 20.1. The summed E-state index contributed by atoms with van der Waals surface area (Å²) in [5.41, 5.74) is 1.64. The number of carbonyl (C=O) groups is 3. The van der Waals surface area contributed by atoms with E-state index in [0.717, 1.165) is 11.1 Å². The Labute approximate surface area is 207 Å². The molecule has 3 amide bonds. The van der Waals surface area contributed by atoms with Gasteiger partial charge in [0.25, 0.3) is 5.91 Å². The molecule has 2 fully saturated rings. The van der Waals surface area contributed by atoms with Crippen LogP contribution in [0, 0.1) is 11.8 Å². The van der Waals surface area contributed by atoms with Gasteiger partial charge in [0.2, 0.25) is 5.91 Å². The van der Waals surface area contributed by atoms with Gasteiger partial charge in [-0.25, -0.2) is 9.18 Å². The third-order valence-corrected chi connectivity index (χ3v) is 6.94. The first-order chi connectivity index (χ1) is 16.9. The number of carbonyl (C=O) groups excluding carboxylic acids is 3. The van der Waals surface area contributed by atoms with Crippen molar-refractivity contribution in [3.63, 3.8) is 0 Å². The Hall–Kier alpha value is -3.42. The van der Waals surface area contributed by atoms with Gasteiger partial charge in [0.15, 0.2) is 0 Å². The maximum atomic E-state index is 13.4. The Morgan fingerprint density at radius 1 is 1.20 bits per heavy atom. The highest BCUT2D eigenvalue weighted by molar-refractivity contribution is 7.12. The molecule has 0 aliphatic carbocycles. The number of nitrogens with one attached hydrogen (secondary N) is 3. The molecule has 35 heavy (non-hydrogen) atoms. The number of hydrogen-bond acceptors (Lipinski definition) is 6. The van der Waals surface area contributed by atoms with E-state index in [1.807, 2.05) is 35.7 Å². The molecule has 0 radical (unpaired) electrons. The molecule has 184 valence electrons. The van der Waals surface area contributed by atoms with Crippen LogP contribution >= 0.6 is 11.3 Å². The molecular formula is C25H27FN4O4S. The third kappa shape index (κ3) is 6.38. The highest BCUT2D eigenvalue weighted by atomic mass is 32.1. The predicted molar refractivity (Wildman–Crippen MR) is 130 cm³/mol. The second kappa shape index (κ2) is 11.3. The average molecular weight is 499 g/mol. The van der Waals surface area contributed by atoms with E-state index in [4.69, 9.17) is 4.74 Å². The smallest absolute Gasteiger partial charge is 0.409 e. The zero-order valence-electron chi connectivity index (χ0n) is 19.3. The lowest BCUT2D eigenvalue weighted by molar-refractivity contribution is -0.123. The van der Waals surface area contributed by atoms with Crippen molar-refractivity contribution in [3.8, 4) is 11.8 Å². The number of thiophene rings is 1. The summed E-state index contributed by atoms with van der Waals surface area (Å²) in [6.07, 6.45) is -0.980. The zero-order chi connectivity index (χ0) is 24.8. The van der Waals surface area contributed by atoms with Gasteiger partial charge in [0.05, 0.1) is 24.1 Å². The van der Waals surface area contributed by atoms with E-state index in [9.17, 15) is 18.8 Å². The number of likely N-dealkylation sites (tertiary alicyclic amines) is 1. The van der Waals surface area contributed by atoms with Gasteiger partial charge in [0, 0.05) is 48.6 Å². The summed E-state index contributed by atoms with van der Waals surface area (Å²) in [5, 5.41) is 10.4. The molecule has 3 heterocycles. The Morgan fingerprint density at radius 2 is 1.97 bits per heavy atom. The largest absolute Gasteiger partial charge is 0.453 e. The first-order valence-electron chi connectivity index (χ1n) is 11.4. The molecule has 0 unspecified atom stereocenters. The van der Waals surface area contributed by atoms with Gasteiger partial charge in [-0.05, 0) is 24.6 Å². The number of hydrogen-bond donors (Lipinski definition) is 3. The van der Waals surface area contributed by atoms with E-state index in [2.05, 4.69) is 27.8 Å². The lowest BCUT2D eigenvalue weighted by Crippen LogP contribution is -2.46. The second-order valence-corrected chi connectivity index (χ2v) is 9.45. The monoisotopic (exact) mass is 498 g/mol. The molecule has 4 rings (SSSR count). The van der Waals surface area contributed by atoms with Crippen LogP contribution in [0.3, 0.4) is 0 Å². The summed E-state index contributed by atoms with van der Waals surface area (Å²) in [6, 6.07) is 10.1. The maximum Gasteiger partial charge on any atom is 0.409 e. The first-order valence-corrected chi connectivity index (χ1v) is 12.3. The number of methoxy groups -OCH3 is 1. The lowest BCUT2D eigenvalue weighted by Gasteiger charge is -2.23. The maximum absolute atomic E-state index is 13.4. The summed E-state index contributed by atoms with van der Waals surface area (Å²) in [5.74, 6) is 5.57. The quantitative estimate of drug-likeness (QED) is 0.547. The van der Waals surface area contributed by atoms with E-state index in [1.165, 1.54) is 23.3 Å². The van der Waals surface area contributed by atoms with E-state index in [0.29, 0.717) is 11.3 Å². The van der Waals surface area contributed by atoms with Crippen molar-refractivity contribution in [3.05, 3.63) is 57.8 Å². The summed E-state index contributed by atoms with van der Waals surface area (Å²) in [4.78, 5) is 39.4. The Kier molecular flexibility index (Phi) is 8.00. The van der Waals surface area contributed by atoms with Gasteiger partial charge in [-0.2, -0.15) is 0 Å². The number of alkyl halides is 1. The molecule has 0 bridgehead atoms. The van der Waals surface area contributed by atoms with Gasteiger partial charge >= 0.3 is 6.09 Å². The molecule has 3 N–H and O–H groups in total. The van der Waals surface area contributed by atoms with E-state index in [-0.39, 0.29) is 50.0 Å². The van der Waals surface area contributed by atoms with Gasteiger partial charge < -0.3 is 25.6 Å². The standard InChI is InChI=1S/C25H27FN4O4S/c1-34-25(33)30-14-19(29-23(31)21-10-18(26)12-27-21)11-20(30)13-28-24(32)22-9-17(15-35-22)8-7-16-5-3-2-4-6-16/h2-6,9,15,18-21,27H,10-14H2,1H3,(H,28,32)(H,29,31)/t18-,19+,20+,21-/m0/s1. The molecule has 10 heteroatoms. The Bertz CT molecular complexity index is 1130. The van der Waals surface area contributed by atoms with Crippen molar-refractivity contribution < 1.29 is 23.5 Å². The SMILES string of the molecule is COC(=O)N1C[C@H](NC(=O)[C@@H]2C[C@H](F)CN2)C[C@@H]1CNC(=O)c1cc(C#Cc2ccccc2)cs1. The number of nitrogens with zero attached hydrogens (tertiary/aromatic N) is 1. The fourth-order valence-corrected chi connectivity index (χ4v) is 4.99. The molecule has 0 saturated carbocycles. The normalized spacial score (nSPS) is 23.3. The fourth-order valence-electron chi connectivity index (χ4n) is 4.23. The summed E-state index contributed by atoms with van der Waals surface area (Å²) in [6.45, 7) is 0.619. The number of halogens is 1. The molecule has 2 aliphatic heterocycles. The molecule has 8 nitrogen and oxygen atoms in total. The van der Waals surface area contributed by atoms with Crippen LogP contribution in [0.1, 0.15) is 33.6 Å². The third-order valence-electron chi connectivity index (χ3n) is 6.01. The Morgan fingerprint density at radius 3 is 2.69 bits per heavy atom. The predicted octanol–water partition coefficient (Wildman–Crippen LogP) is 1.90. The lowest BCUT2D eigenvalue weighted by atomic mass is 10.1. The molecule has 2 aliphatic rings. The van der Waals surface area contributed by atoms with Crippen LogP contribution in [0.2, 0.25) is 0 Å². The average Bonchev–Trinajstić information content (AvgIpc) is 3.61. The molecular weight excluding hydrogens is 471 g/mol. The van der Waals surface area contributed by atoms with Gasteiger partial charge in [0.1, 0.15) is 6.17 Å². The summed E-state index contributed by atoms with van der Waals surface area (Å²) >= 11 is 1.30. The van der Waals surface area contributed by atoms with Crippen molar-refractivity contribution in [2.45, 2.75) is 37.1 Å². The molecule has 2 aromatic rings. The van der Waals surface area contributed by atoms with Crippen LogP contribution < -0.4 is 16.0 Å². The van der Waals surface area contributed by atoms with Crippen molar-refractivity contribution in [2.24, 2.45) is 0 Å². The van der Waals surface area contributed by atoms with Gasteiger partial charge in [-0.1, -0.05) is 30.0 Å². The van der Waals surface area contributed by atoms with Crippen LogP contribution in [-0.4, -0.2) is 73.8 Å². The van der Waals surface area contributed by atoms with Crippen molar-refractivity contribution >= 4 is 29.2 Å². The van der Waals surface area contributed by atoms with Crippen molar-refractivity contribution in [2.75, 3.05) is 26.7 Å². The van der Waals surface area contributed by atoms with Crippen LogP contribution in [-0.2, 0) is 9.53 Å². The van der Waals surface area contributed by atoms with E-state index >= 15 is 0 Å². The van der Waals surface area contributed by atoms with E-state index in [1.54, 1.807) is 6.07 Å². The highest BCUT2D eigenvalue weighted by Gasteiger charge is 2.38. The van der Waals surface area contributed by atoms with Gasteiger partial charge in [-0.3, -0.25) is 9.59 Å². The Balaban J connectivity index is 1.33. The van der Waals surface area contributed by atoms with Crippen LogP contribution in [0.15, 0.2) is 41.8 Å². The minimum Gasteiger partial charge on any atom is -0.453 e. The number of ether oxygens (including phenoxy) is 1. The molecule has 0 spiro atoms. The second-order valence-electron chi connectivity index (χ2n) is 8.54. The van der Waals surface area contributed by atoms with Crippen LogP contribution in [0.5, 0.6) is 0 Å². The number of rotatable bonds is 5. The number of amides is 3. The molecule has 1 aromatic heterocycles. The van der Waals surface area contributed by atoms with Crippen LogP contribution in [0.25, 0.3) is 0 Å². The van der Waals surface area contributed by atoms with Gasteiger partial charge in [-0.15, -0.1) is 11.3 Å². The topological polar surface area (TPSA) is 99.8 Å². The molecule has 1 aromatic carbocycles. The van der Waals surface area contributed by atoms with Crippen molar-refractivity contribution in [1.82, 2.24) is 20.9 Å². The van der Waals surface area contributed by atoms with Crippen molar-refractivity contribution in [1.29, 1.82) is 0 Å². The molecule has 2 saturated heterocycles. The minimum atomic E-state index is -1.04. The number of benzene rings is 1. The minimum absolute atomic E-state index is 0.136. The molecule has 4 atom stereocenters.